The molecule has 0 saturated heterocycles. The molecule has 218 valence electrons. The molecule has 2 unspecified atom stereocenters. The molecule has 2 atom stereocenters. The molecule has 2 aromatic rings. The Morgan fingerprint density at radius 2 is 1.97 bits per heavy atom. The average molecular weight is 569 g/mol. The van der Waals surface area contributed by atoms with Crippen molar-refractivity contribution in [1.82, 2.24) is 24.6 Å². The second kappa shape index (κ2) is 14.2. The van der Waals surface area contributed by atoms with Gasteiger partial charge in [-0.15, -0.1) is 0 Å². The van der Waals surface area contributed by atoms with Crippen LogP contribution in [0.4, 0.5) is 5.82 Å². The maximum atomic E-state index is 13.9. The first kappa shape index (κ1) is 30.9. The smallest absolute Gasteiger partial charge is 0.332 e. The molecule has 0 aromatic carbocycles. The van der Waals surface area contributed by atoms with E-state index in [-0.39, 0.29) is 18.5 Å². The van der Waals surface area contributed by atoms with E-state index in [1.807, 2.05) is 0 Å². The van der Waals surface area contributed by atoms with E-state index >= 15 is 0 Å². The van der Waals surface area contributed by atoms with Gasteiger partial charge >= 0.3 is 11.9 Å². The van der Waals surface area contributed by atoms with Gasteiger partial charge in [0.1, 0.15) is 29.8 Å². The molecule has 3 rings (SSSR count). The predicted molar refractivity (Wildman–Crippen MR) is 145 cm³/mol. The molecule has 14 heteroatoms. The summed E-state index contributed by atoms with van der Waals surface area (Å²) in [6.45, 7) is 6.97. The van der Waals surface area contributed by atoms with Gasteiger partial charge in [-0.3, -0.25) is 9.36 Å². The van der Waals surface area contributed by atoms with Crippen LogP contribution in [-0.2, 0) is 39.4 Å². The Kier molecular flexibility index (Phi) is 11.2. The Morgan fingerprint density at radius 1 is 1.23 bits per heavy atom. The van der Waals surface area contributed by atoms with Crippen molar-refractivity contribution in [2.45, 2.75) is 96.9 Å². The van der Waals surface area contributed by atoms with Gasteiger partial charge in [0.2, 0.25) is 0 Å². The number of carbonyl (C=O) groups excluding carboxylic acids is 2. The minimum Gasteiger partial charge on any atom is -0.464 e. The summed E-state index contributed by atoms with van der Waals surface area (Å²) in [7, 11) is -3.88. The first-order valence-electron chi connectivity index (χ1n) is 13.5. The number of aromatic nitrogens is 4. The molecule has 3 N–H and O–H groups in total. The molecule has 2 heterocycles. The van der Waals surface area contributed by atoms with Crippen LogP contribution in [0.2, 0.25) is 0 Å². The number of nitrogens with two attached hydrogens (primary N) is 1. The van der Waals surface area contributed by atoms with E-state index in [1.54, 1.807) is 31.7 Å². The van der Waals surface area contributed by atoms with Gasteiger partial charge in [0, 0.05) is 0 Å². The van der Waals surface area contributed by atoms with Crippen LogP contribution in [0.1, 0.15) is 72.6 Å². The largest absolute Gasteiger partial charge is 0.464 e. The standard InChI is InChI=1S/C25H41N6O7P/c1-5-6-9-12-35-24(33)25(3,4)30-39(34,37-14-20(32)38-19-10-7-8-11-19)17-36-18(2)13-31-16-29-21-22(26)27-15-28-23(21)31/h15-16,18-19H,5-14,17H2,1-4H3,(H,30,34)(H2,26,27,28). The molecule has 1 saturated carbocycles. The van der Waals surface area contributed by atoms with Crippen molar-refractivity contribution in [1.29, 1.82) is 0 Å². The van der Waals surface area contributed by atoms with E-state index in [1.165, 1.54) is 6.33 Å². The van der Waals surface area contributed by atoms with E-state index < -0.39 is 44.1 Å². The zero-order valence-electron chi connectivity index (χ0n) is 23.3. The molecule has 0 radical (unpaired) electrons. The van der Waals surface area contributed by atoms with Gasteiger partial charge in [0.05, 0.1) is 25.6 Å². The Bertz CT molecular complexity index is 1150. The van der Waals surface area contributed by atoms with Crippen molar-refractivity contribution in [2.24, 2.45) is 0 Å². The number of hydrogen-bond donors (Lipinski definition) is 2. The minimum atomic E-state index is -3.88. The highest BCUT2D eigenvalue weighted by Crippen LogP contribution is 2.45. The minimum absolute atomic E-state index is 0.151. The summed E-state index contributed by atoms with van der Waals surface area (Å²) in [5.74, 6) is -0.923. The van der Waals surface area contributed by atoms with Gasteiger partial charge in [-0.05, 0) is 52.9 Å². The molecular formula is C25H41N6O7P. The lowest BCUT2D eigenvalue weighted by Gasteiger charge is -2.30. The Balaban J connectivity index is 1.64. The molecule has 39 heavy (non-hydrogen) atoms. The highest BCUT2D eigenvalue weighted by atomic mass is 31.2. The van der Waals surface area contributed by atoms with Crippen LogP contribution in [0.3, 0.4) is 0 Å². The third-order valence-corrected chi connectivity index (χ3v) is 8.28. The number of imidazole rings is 1. The van der Waals surface area contributed by atoms with E-state index in [9.17, 15) is 14.2 Å². The number of nitrogens with zero attached hydrogens (tertiary/aromatic N) is 4. The lowest BCUT2D eigenvalue weighted by molar-refractivity contribution is -0.151. The van der Waals surface area contributed by atoms with E-state index in [4.69, 9.17) is 24.5 Å². The number of unbranched alkanes of at least 4 members (excludes halogenated alkanes) is 2. The van der Waals surface area contributed by atoms with Crippen LogP contribution < -0.4 is 10.8 Å². The molecular weight excluding hydrogens is 527 g/mol. The summed E-state index contributed by atoms with van der Waals surface area (Å²) in [6.07, 6.45) is 8.18. The first-order chi connectivity index (χ1) is 18.5. The average Bonchev–Trinajstić information content (AvgIpc) is 3.55. The molecule has 2 aromatic heterocycles. The van der Waals surface area contributed by atoms with E-state index in [0.717, 1.165) is 44.9 Å². The third kappa shape index (κ3) is 9.23. The summed E-state index contributed by atoms with van der Waals surface area (Å²) < 4.78 is 37.9. The molecule has 1 aliphatic carbocycles. The van der Waals surface area contributed by atoms with E-state index in [2.05, 4.69) is 27.0 Å². The Labute approximate surface area is 229 Å². The maximum Gasteiger partial charge on any atom is 0.332 e. The zero-order valence-corrected chi connectivity index (χ0v) is 24.2. The molecule has 1 fully saturated rings. The zero-order chi connectivity index (χ0) is 28.5. The van der Waals surface area contributed by atoms with Crippen molar-refractivity contribution >= 4 is 36.4 Å². The van der Waals surface area contributed by atoms with Crippen molar-refractivity contribution in [3.05, 3.63) is 12.7 Å². The lowest BCUT2D eigenvalue weighted by atomic mass is 10.1. The van der Waals surface area contributed by atoms with Crippen LogP contribution in [0, 0.1) is 0 Å². The number of hydrogen-bond acceptors (Lipinski definition) is 11. The molecule has 0 amide bonds. The number of esters is 2. The molecule has 0 spiro atoms. The number of rotatable bonds is 16. The van der Waals surface area contributed by atoms with Crippen LogP contribution in [0.25, 0.3) is 11.2 Å². The number of nitrogens with one attached hydrogen (secondary N) is 1. The Hall–Kier alpha value is -2.60. The normalized spacial score (nSPS) is 16.7. The van der Waals surface area contributed by atoms with Gasteiger partial charge in [-0.1, -0.05) is 19.8 Å². The Morgan fingerprint density at radius 3 is 2.69 bits per heavy atom. The molecule has 0 bridgehead atoms. The maximum absolute atomic E-state index is 13.9. The van der Waals surface area contributed by atoms with Crippen LogP contribution in [0.5, 0.6) is 0 Å². The summed E-state index contributed by atoms with van der Waals surface area (Å²) in [5.41, 5.74) is 5.51. The molecule has 1 aliphatic rings. The first-order valence-corrected chi connectivity index (χ1v) is 15.3. The van der Waals surface area contributed by atoms with E-state index in [0.29, 0.717) is 17.7 Å². The van der Waals surface area contributed by atoms with Crippen molar-refractivity contribution in [2.75, 3.05) is 25.3 Å². The topological polar surface area (TPSA) is 170 Å². The highest BCUT2D eigenvalue weighted by Gasteiger charge is 2.39. The fraction of sp³-hybridized carbons (Fsp3) is 0.720. The predicted octanol–water partition coefficient (Wildman–Crippen LogP) is 3.57. The quantitative estimate of drug-likeness (QED) is 0.172. The summed E-state index contributed by atoms with van der Waals surface area (Å²) >= 11 is 0. The number of ether oxygens (including phenoxy) is 3. The fourth-order valence-electron chi connectivity index (χ4n) is 4.24. The number of carbonyl (C=O) groups is 2. The summed E-state index contributed by atoms with van der Waals surface area (Å²) in [5, 5.41) is 2.78. The van der Waals surface area contributed by atoms with Crippen molar-refractivity contribution in [3.8, 4) is 0 Å². The van der Waals surface area contributed by atoms with Crippen LogP contribution in [-0.4, -0.2) is 68.8 Å². The monoisotopic (exact) mass is 568 g/mol. The molecule has 13 nitrogen and oxygen atoms in total. The SMILES string of the molecule is CCCCCOC(=O)C(C)(C)NP(=O)(COC(C)Cn1cnc2c(N)ncnc21)OCC(=O)OC1CCCC1. The van der Waals surface area contributed by atoms with Crippen molar-refractivity contribution < 1.29 is 32.9 Å². The van der Waals surface area contributed by atoms with Gasteiger partial charge in [-0.2, -0.15) is 0 Å². The highest BCUT2D eigenvalue weighted by molar-refractivity contribution is 7.56. The van der Waals surface area contributed by atoms with Gasteiger partial charge in [0.25, 0.3) is 7.52 Å². The van der Waals surface area contributed by atoms with Crippen molar-refractivity contribution in [3.63, 3.8) is 0 Å². The van der Waals surface area contributed by atoms with Gasteiger partial charge in [0.15, 0.2) is 18.1 Å². The lowest BCUT2D eigenvalue weighted by Crippen LogP contribution is -2.47. The number of anilines is 1. The van der Waals surface area contributed by atoms with Crippen LogP contribution in [0.15, 0.2) is 12.7 Å². The second-order valence-electron chi connectivity index (χ2n) is 10.4. The van der Waals surface area contributed by atoms with Gasteiger partial charge < -0.3 is 29.0 Å². The third-order valence-electron chi connectivity index (χ3n) is 6.34. The number of fused-ring (bicyclic) bond motifs is 1. The molecule has 0 aliphatic heterocycles. The second-order valence-corrected chi connectivity index (χ2v) is 12.4. The fourth-order valence-corrected chi connectivity index (χ4v) is 6.15. The summed E-state index contributed by atoms with van der Waals surface area (Å²) in [6, 6.07) is 0. The van der Waals surface area contributed by atoms with Gasteiger partial charge in [-0.25, -0.2) is 24.8 Å². The summed E-state index contributed by atoms with van der Waals surface area (Å²) in [4.78, 5) is 37.5. The number of nitrogen functional groups attached to an aromatic ring is 1. The van der Waals surface area contributed by atoms with Crippen LogP contribution >= 0.6 is 7.52 Å².